The molecule has 2 aromatic heterocycles. The Morgan fingerprint density at radius 2 is 1.81 bits per heavy atom. The summed E-state index contributed by atoms with van der Waals surface area (Å²) in [5.74, 6) is -0.793. The molecule has 0 atom stereocenters. The highest BCUT2D eigenvalue weighted by Crippen LogP contribution is 2.29. The van der Waals surface area contributed by atoms with Crippen molar-refractivity contribution in [3.63, 3.8) is 0 Å². The van der Waals surface area contributed by atoms with Crippen molar-refractivity contribution in [3.8, 4) is 11.3 Å². The van der Waals surface area contributed by atoms with E-state index in [-0.39, 0.29) is 17.1 Å². The molecular weight excluding hydrogens is 424 g/mol. The summed E-state index contributed by atoms with van der Waals surface area (Å²) in [5.41, 5.74) is 1.57. The molecule has 0 saturated carbocycles. The highest BCUT2D eigenvalue weighted by Gasteiger charge is 2.25. The first kappa shape index (κ1) is 20.1. The van der Waals surface area contributed by atoms with Crippen LogP contribution < -0.4 is 5.32 Å². The average Bonchev–Trinajstić information content (AvgIpc) is 3.28. The fourth-order valence-electron chi connectivity index (χ4n) is 3.04. The largest absolute Gasteiger partial charge is 0.289 e. The highest BCUT2D eigenvalue weighted by molar-refractivity contribution is 7.15. The van der Waals surface area contributed by atoms with Crippen LogP contribution >= 0.6 is 11.3 Å². The Balaban J connectivity index is 1.68. The van der Waals surface area contributed by atoms with Gasteiger partial charge < -0.3 is 0 Å². The first-order valence-corrected chi connectivity index (χ1v) is 9.78. The number of hydrogen-bond acceptors (Lipinski definition) is 8. The molecule has 2 heterocycles. The zero-order valence-corrected chi connectivity index (χ0v) is 17.0. The zero-order chi connectivity index (χ0) is 22.3. The molecule has 0 radical (unpaired) electrons. The summed E-state index contributed by atoms with van der Waals surface area (Å²) in [6.07, 6.45) is 0. The Hall–Kier alpha value is -4.19. The van der Waals surface area contributed by atoms with E-state index >= 15 is 0 Å². The molecular formula is C19H14N6O5S. The molecule has 0 bridgehead atoms. The topological polar surface area (TPSA) is 146 Å². The second-order valence-corrected chi connectivity index (χ2v) is 7.56. The van der Waals surface area contributed by atoms with E-state index in [0.717, 1.165) is 29.0 Å². The number of nitro groups is 2. The fraction of sp³-hybridized carbons (Fsp3) is 0.105. The molecule has 2 aromatic carbocycles. The molecule has 0 aliphatic rings. The number of nitrogens with one attached hydrogen (secondary N) is 1. The highest BCUT2D eigenvalue weighted by atomic mass is 32.1. The molecule has 4 rings (SSSR count). The van der Waals surface area contributed by atoms with Crippen LogP contribution in [0.5, 0.6) is 0 Å². The number of thiazole rings is 1. The van der Waals surface area contributed by atoms with Crippen LogP contribution in [-0.4, -0.2) is 30.4 Å². The number of aryl methyl sites for hydroxylation is 1. The fourth-order valence-corrected chi connectivity index (χ4v) is 3.87. The second kappa shape index (κ2) is 7.57. The maximum Gasteiger partial charge on any atom is 0.279 e. The lowest BCUT2D eigenvalue weighted by atomic mass is 10.0. The third kappa shape index (κ3) is 3.71. The van der Waals surface area contributed by atoms with Gasteiger partial charge in [-0.2, -0.15) is 4.98 Å². The van der Waals surface area contributed by atoms with Gasteiger partial charge in [0.05, 0.1) is 27.2 Å². The molecule has 0 aliphatic heterocycles. The maximum atomic E-state index is 12.7. The number of amides is 1. The molecule has 0 saturated heterocycles. The quantitative estimate of drug-likeness (QED) is 0.364. The Bertz CT molecular complexity index is 1360. The van der Waals surface area contributed by atoms with Crippen molar-refractivity contribution in [3.05, 3.63) is 78.7 Å². The van der Waals surface area contributed by atoms with Crippen LogP contribution in [-0.2, 0) is 0 Å². The molecule has 1 amide bonds. The van der Waals surface area contributed by atoms with Crippen LogP contribution in [0.3, 0.4) is 0 Å². The van der Waals surface area contributed by atoms with Gasteiger partial charge in [0.15, 0.2) is 0 Å². The van der Waals surface area contributed by atoms with Gasteiger partial charge in [0.1, 0.15) is 0 Å². The summed E-state index contributed by atoms with van der Waals surface area (Å²) >= 11 is 1.33. The van der Waals surface area contributed by atoms with E-state index in [1.165, 1.54) is 18.3 Å². The number of carbonyl (C=O) groups excluding carboxylic acids is 1. The molecule has 0 unspecified atom stereocenters. The lowest BCUT2D eigenvalue weighted by Crippen LogP contribution is -2.16. The normalized spacial score (nSPS) is 10.9. The van der Waals surface area contributed by atoms with Crippen molar-refractivity contribution >= 4 is 39.5 Å². The maximum absolute atomic E-state index is 12.7. The van der Waals surface area contributed by atoms with Gasteiger partial charge in [-0.1, -0.05) is 29.8 Å². The third-order valence-corrected chi connectivity index (χ3v) is 5.49. The Morgan fingerprint density at radius 3 is 2.45 bits per heavy atom. The number of anilines is 1. The smallest absolute Gasteiger partial charge is 0.279 e. The molecule has 12 heteroatoms. The third-order valence-electron chi connectivity index (χ3n) is 4.67. The van der Waals surface area contributed by atoms with Crippen LogP contribution in [0.4, 0.5) is 17.3 Å². The van der Waals surface area contributed by atoms with E-state index in [1.807, 2.05) is 36.6 Å². The molecule has 11 nitrogen and oxygen atoms in total. The Labute approximate surface area is 178 Å². The number of nitro benzene ring substituents is 2. The van der Waals surface area contributed by atoms with Crippen molar-refractivity contribution in [2.75, 3.05) is 5.32 Å². The minimum absolute atomic E-state index is 0.00876. The monoisotopic (exact) mass is 438 g/mol. The Morgan fingerprint density at radius 1 is 1.10 bits per heavy atom. The molecule has 0 fully saturated rings. The van der Waals surface area contributed by atoms with Gasteiger partial charge in [0.25, 0.3) is 23.2 Å². The van der Waals surface area contributed by atoms with Gasteiger partial charge in [-0.3, -0.25) is 30.3 Å². The van der Waals surface area contributed by atoms with Crippen LogP contribution in [0, 0.1) is 34.1 Å². The molecule has 1 N–H and O–H groups in total. The van der Waals surface area contributed by atoms with Crippen molar-refractivity contribution in [1.29, 1.82) is 0 Å². The minimum atomic E-state index is -0.790. The first-order chi connectivity index (χ1) is 14.7. The van der Waals surface area contributed by atoms with E-state index in [9.17, 15) is 25.0 Å². The van der Waals surface area contributed by atoms with Gasteiger partial charge in [0, 0.05) is 22.6 Å². The van der Waals surface area contributed by atoms with Gasteiger partial charge >= 0.3 is 0 Å². The van der Waals surface area contributed by atoms with Gasteiger partial charge in [0.2, 0.25) is 4.96 Å². The van der Waals surface area contributed by atoms with Crippen molar-refractivity contribution in [2.24, 2.45) is 0 Å². The molecule has 4 aromatic rings. The number of non-ortho nitro benzene ring substituents is 1. The zero-order valence-electron chi connectivity index (χ0n) is 16.2. The molecule has 156 valence electrons. The van der Waals surface area contributed by atoms with Crippen LogP contribution in [0.1, 0.15) is 21.5 Å². The van der Waals surface area contributed by atoms with Crippen molar-refractivity contribution in [1.82, 2.24) is 14.6 Å². The van der Waals surface area contributed by atoms with Crippen LogP contribution in [0.25, 0.3) is 16.2 Å². The summed E-state index contributed by atoms with van der Waals surface area (Å²) in [6, 6.07) is 9.65. The number of nitrogens with zero attached hydrogens (tertiary/aromatic N) is 5. The standard InChI is InChI=1S/C19H14N6O5S/c1-10-3-5-12(6-4-10)16-9-31-19-21-18(22-23(16)19)20-17(26)14-7-13(24(27)28)8-15(11(14)2)25(29)30/h3-9H,1-2H3,(H,20,22,26). The van der Waals surface area contributed by atoms with Gasteiger partial charge in [-0.15, -0.1) is 16.4 Å². The van der Waals surface area contributed by atoms with E-state index < -0.39 is 27.1 Å². The van der Waals surface area contributed by atoms with Crippen molar-refractivity contribution in [2.45, 2.75) is 13.8 Å². The first-order valence-electron chi connectivity index (χ1n) is 8.90. The predicted octanol–water partition coefficient (Wildman–Crippen LogP) is 4.14. The summed E-state index contributed by atoms with van der Waals surface area (Å²) < 4.78 is 1.58. The lowest BCUT2D eigenvalue weighted by molar-refractivity contribution is -0.394. The van der Waals surface area contributed by atoms with Gasteiger partial charge in [-0.05, 0) is 13.8 Å². The Kier molecular flexibility index (Phi) is 4.91. The number of hydrogen-bond donors (Lipinski definition) is 1. The van der Waals surface area contributed by atoms with Crippen LogP contribution in [0.2, 0.25) is 0 Å². The van der Waals surface area contributed by atoms with E-state index in [2.05, 4.69) is 15.4 Å². The van der Waals surface area contributed by atoms with Gasteiger partial charge in [-0.25, -0.2) is 4.52 Å². The van der Waals surface area contributed by atoms with E-state index in [0.29, 0.717) is 4.96 Å². The average molecular weight is 438 g/mol. The number of carbonyl (C=O) groups is 1. The molecule has 0 aliphatic carbocycles. The number of fused-ring (bicyclic) bond motifs is 1. The summed E-state index contributed by atoms with van der Waals surface area (Å²) in [4.78, 5) is 38.3. The summed E-state index contributed by atoms with van der Waals surface area (Å²) in [6.45, 7) is 3.34. The van der Waals surface area contributed by atoms with Crippen LogP contribution in [0.15, 0.2) is 41.8 Å². The minimum Gasteiger partial charge on any atom is -0.289 e. The van der Waals surface area contributed by atoms with E-state index in [1.54, 1.807) is 4.52 Å². The predicted molar refractivity (Wildman–Crippen MR) is 113 cm³/mol. The molecule has 31 heavy (non-hydrogen) atoms. The second-order valence-electron chi connectivity index (χ2n) is 6.72. The number of benzene rings is 2. The SMILES string of the molecule is Cc1ccc(-c2csc3nc(NC(=O)c4cc([N+](=O)[O-])cc([N+](=O)[O-])c4C)nn23)cc1. The number of rotatable bonds is 5. The summed E-state index contributed by atoms with van der Waals surface area (Å²) in [7, 11) is 0. The lowest BCUT2D eigenvalue weighted by Gasteiger charge is -2.06. The number of aromatic nitrogens is 3. The molecule has 0 spiro atoms. The van der Waals surface area contributed by atoms with E-state index in [4.69, 9.17) is 0 Å². The summed E-state index contributed by atoms with van der Waals surface area (Å²) in [5, 5.41) is 31.0. The van der Waals surface area contributed by atoms with Crippen molar-refractivity contribution < 1.29 is 14.6 Å².